The lowest BCUT2D eigenvalue weighted by Crippen LogP contribution is -2.13. The van der Waals surface area contributed by atoms with Crippen molar-refractivity contribution < 1.29 is 4.74 Å². The maximum atomic E-state index is 6.30. The van der Waals surface area contributed by atoms with Crippen LogP contribution in [-0.2, 0) is 6.42 Å². The molecule has 0 heterocycles. The van der Waals surface area contributed by atoms with Gasteiger partial charge in [-0.15, -0.1) is 0 Å². The number of halogens is 1. The molecule has 3 heteroatoms. The molecule has 0 spiro atoms. The van der Waals surface area contributed by atoms with Gasteiger partial charge in [-0.1, -0.05) is 47.1 Å². The Morgan fingerprint density at radius 1 is 1.15 bits per heavy atom. The summed E-state index contributed by atoms with van der Waals surface area (Å²) in [4.78, 5) is 0. The van der Waals surface area contributed by atoms with Crippen LogP contribution in [0.2, 0.25) is 0 Å². The molecule has 2 nitrogen and oxygen atoms in total. The Balaban J connectivity index is 2.06. The molecule has 106 valence electrons. The van der Waals surface area contributed by atoms with E-state index in [2.05, 4.69) is 41.1 Å². The summed E-state index contributed by atoms with van der Waals surface area (Å²) in [5.74, 6) is 0.897. The Morgan fingerprint density at radius 3 is 2.70 bits per heavy atom. The van der Waals surface area contributed by atoms with Gasteiger partial charge in [0.1, 0.15) is 5.75 Å². The van der Waals surface area contributed by atoms with E-state index in [0.29, 0.717) is 0 Å². The summed E-state index contributed by atoms with van der Waals surface area (Å²) < 4.78 is 6.74. The molecule has 0 aliphatic rings. The number of hydrogen-bond donors (Lipinski definition) is 1. The van der Waals surface area contributed by atoms with Crippen LogP contribution in [0.5, 0.6) is 5.75 Å². The molecule has 0 saturated heterocycles. The van der Waals surface area contributed by atoms with Crippen molar-refractivity contribution in [2.45, 2.75) is 25.8 Å². The zero-order valence-electron chi connectivity index (χ0n) is 11.7. The van der Waals surface area contributed by atoms with E-state index in [1.54, 1.807) is 0 Å². The number of benzene rings is 2. The minimum absolute atomic E-state index is 0.0190. The van der Waals surface area contributed by atoms with Crippen LogP contribution in [0.4, 0.5) is 0 Å². The predicted octanol–water partition coefficient (Wildman–Crippen LogP) is 4.48. The summed E-state index contributed by atoms with van der Waals surface area (Å²) >= 11 is 3.49. The Kier molecular flexibility index (Phi) is 5.62. The van der Waals surface area contributed by atoms with Crippen LogP contribution in [0.15, 0.2) is 53.0 Å². The molecule has 2 rings (SSSR count). The molecule has 2 aromatic carbocycles. The summed E-state index contributed by atoms with van der Waals surface area (Å²) in [6, 6.07) is 16.3. The summed E-state index contributed by atoms with van der Waals surface area (Å²) in [6.07, 6.45) is 1.82. The minimum Gasteiger partial charge on any atom is -0.494 e. The van der Waals surface area contributed by atoms with Crippen LogP contribution in [0.1, 0.15) is 30.5 Å². The van der Waals surface area contributed by atoms with Crippen LogP contribution < -0.4 is 10.5 Å². The zero-order chi connectivity index (χ0) is 14.4. The largest absolute Gasteiger partial charge is 0.494 e. The van der Waals surface area contributed by atoms with Crippen LogP contribution in [0.3, 0.4) is 0 Å². The van der Waals surface area contributed by atoms with Crippen molar-refractivity contribution in [1.29, 1.82) is 0 Å². The lowest BCUT2D eigenvalue weighted by Gasteiger charge is -2.14. The second-order valence-electron chi connectivity index (χ2n) is 4.86. The van der Waals surface area contributed by atoms with Crippen LogP contribution >= 0.6 is 15.9 Å². The maximum absolute atomic E-state index is 6.30. The topological polar surface area (TPSA) is 35.2 Å². The van der Waals surface area contributed by atoms with E-state index in [9.17, 15) is 0 Å². The first-order chi connectivity index (χ1) is 9.69. The Morgan fingerprint density at radius 2 is 1.95 bits per heavy atom. The molecule has 0 amide bonds. The van der Waals surface area contributed by atoms with Crippen molar-refractivity contribution in [1.82, 2.24) is 0 Å². The second kappa shape index (κ2) is 7.46. The van der Waals surface area contributed by atoms with E-state index in [-0.39, 0.29) is 6.04 Å². The summed E-state index contributed by atoms with van der Waals surface area (Å²) in [5.41, 5.74) is 8.64. The van der Waals surface area contributed by atoms with Gasteiger partial charge in [0.25, 0.3) is 0 Å². The quantitative estimate of drug-likeness (QED) is 0.845. The third kappa shape index (κ3) is 4.36. The third-order valence-corrected chi connectivity index (χ3v) is 3.60. The SMILES string of the molecule is CCCOc1cccc(C(N)Cc2cccc(Br)c2)c1. The van der Waals surface area contributed by atoms with Gasteiger partial charge in [0.05, 0.1) is 6.61 Å². The van der Waals surface area contributed by atoms with Crippen molar-refractivity contribution in [3.63, 3.8) is 0 Å². The average Bonchev–Trinajstić information content (AvgIpc) is 2.45. The number of nitrogens with two attached hydrogens (primary N) is 1. The minimum atomic E-state index is -0.0190. The average molecular weight is 334 g/mol. The fraction of sp³-hybridized carbons (Fsp3) is 0.294. The normalized spacial score (nSPS) is 12.2. The van der Waals surface area contributed by atoms with Gasteiger partial charge in [-0.05, 0) is 48.2 Å². The molecule has 0 radical (unpaired) electrons. The van der Waals surface area contributed by atoms with Gasteiger partial charge in [-0.25, -0.2) is 0 Å². The standard InChI is InChI=1S/C17H20BrNO/c1-2-9-20-16-8-4-6-14(12-16)17(19)11-13-5-3-7-15(18)10-13/h3-8,10,12,17H,2,9,11,19H2,1H3. The van der Waals surface area contributed by atoms with Crippen LogP contribution in [0.25, 0.3) is 0 Å². The summed E-state index contributed by atoms with van der Waals surface area (Å²) in [7, 11) is 0. The molecule has 1 unspecified atom stereocenters. The molecule has 20 heavy (non-hydrogen) atoms. The van der Waals surface area contributed by atoms with Gasteiger partial charge in [-0.3, -0.25) is 0 Å². The Hall–Kier alpha value is -1.32. The summed E-state index contributed by atoms with van der Waals surface area (Å²) in [6.45, 7) is 2.84. The van der Waals surface area contributed by atoms with E-state index >= 15 is 0 Å². The first kappa shape index (κ1) is 15.1. The number of ether oxygens (including phenoxy) is 1. The van der Waals surface area contributed by atoms with Gasteiger partial charge in [0.15, 0.2) is 0 Å². The fourth-order valence-electron chi connectivity index (χ4n) is 2.09. The second-order valence-corrected chi connectivity index (χ2v) is 5.78. The van der Waals surface area contributed by atoms with Crippen molar-refractivity contribution in [2.75, 3.05) is 6.61 Å². The zero-order valence-corrected chi connectivity index (χ0v) is 13.3. The van der Waals surface area contributed by atoms with Crippen molar-refractivity contribution in [3.05, 3.63) is 64.1 Å². The highest BCUT2D eigenvalue weighted by atomic mass is 79.9. The molecule has 2 N–H and O–H groups in total. The van der Waals surface area contributed by atoms with E-state index in [1.165, 1.54) is 5.56 Å². The monoisotopic (exact) mass is 333 g/mol. The molecular weight excluding hydrogens is 314 g/mol. The Labute approximate surface area is 129 Å². The van der Waals surface area contributed by atoms with Crippen molar-refractivity contribution in [3.8, 4) is 5.75 Å². The molecule has 1 atom stereocenters. The third-order valence-electron chi connectivity index (χ3n) is 3.10. The number of hydrogen-bond acceptors (Lipinski definition) is 2. The molecule has 0 bridgehead atoms. The van der Waals surface area contributed by atoms with E-state index < -0.39 is 0 Å². The van der Waals surface area contributed by atoms with Crippen LogP contribution in [-0.4, -0.2) is 6.61 Å². The lowest BCUT2D eigenvalue weighted by molar-refractivity contribution is 0.317. The smallest absolute Gasteiger partial charge is 0.119 e. The van der Waals surface area contributed by atoms with Gasteiger partial charge >= 0.3 is 0 Å². The molecule has 0 aromatic heterocycles. The molecule has 0 aliphatic carbocycles. The van der Waals surface area contributed by atoms with Crippen molar-refractivity contribution >= 4 is 15.9 Å². The summed E-state index contributed by atoms with van der Waals surface area (Å²) in [5, 5.41) is 0. The molecular formula is C17H20BrNO. The van der Waals surface area contributed by atoms with Gasteiger partial charge in [0, 0.05) is 10.5 Å². The van der Waals surface area contributed by atoms with E-state index in [4.69, 9.17) is 10.5 Å². The van der Waals surface area contributed by atoms with Crippen molar-refractivity contribution in [2.24, 2.45) is 5.73 Å². The first-order valence-electron chi connectivity index (χ1n) is 6.92. The number of rotatable bonds is 6. The Bertz CT molecular complexity index is 556. The van der Waals surface area contributed by atoms with Gasteiger partial charge in [-0.2, -0.15) is 0 Å². The first-order valence-corrected chi connectivity index (χ1v) is 7.71. The highest BCUT2D eigenvalue weighted by Crippen LogP contribution is 2.22. The van der Waals surface area contributed by atoms with E-state index in [0.717, 1.165) is 35.2 Å². The van der Waals surface area contributed by atoms with Gasteiger partial charge in [0.2, 0.25) is 0 Å². The fourth-order valence-corrected chi connectivity index (χ4v) is 2.54. The molecule has 0 fully saturated rings. The molecule has 0 saturated carbocycles. The van der Waals surface area contributed by atoms with Crippen LogP contribution in [0, 0.1) is 0 Å². The van der Waals surface area contributed by atoms with Gasteiger partial charge < -0.3 is 10.5 Å². The molecule has 2 aromatic rings. The lowest BCUT2D eigenvalue weighted by atomic mass is 9.99. The highest BCUT2D eigenvalue weighted by molar-refractivity contribution is 9.10. The highest BCUT2D eigenvalue weighted by Gasteiger charge is 2.08. The maximum Gasteiger partial charge on any atom is 0.119 e. The molecule has 0 aliphatic heterocycles. The van der Waals surface area contributed by atoms with E-state index in [1.807, 2.05) is 30.3 Å². The predicted molar refractivity (Wildman–Crippen MR) is 87.0 cm³/mol.